The molecule has 0 saturated carbocycles. The van der Waals surface area contributed by atoms with Gasteiger partial charge >= 0.3 is 0 Å². The number of hydrogen-bond donors (Lipinski definition) is 0. The fourth-order valence-electron chi connectivity index (χ4n) is 2.45. The Morgan fingerprint density at radius 1 is 1.17 bits per heavy atom. The summed E-state index contributed by atoms with van der Waals surface area (Å²) >= 11 is 3.11. The first-order valence-electron chi connectivity index (χ1n) is 7.89. The zero-order valence-electron chi connectivity index (χ0n) is 13.7. The molecule has 0 aliphatic carbocycles. The van der Waals surface area contributed by atoms with Gasteiger partial charge in [0.25, 0.3) is 5.91 Å². The number of rotatable bonds is 8. The third-order valence-corrected chi connectivity index (χ3v) is 4.40. The smallest absolute Gasteiger partial charge is 0.254 e. The van der Waals surface area contributed by atoms with E-state index in [1.807, 2.05) is 18.2 Å². The van der Waals surface area contributed by atoms with Crippen molar-refractivity contribution in [3.8, 4) is 0 Å². The van der Waals surface area contributed by atoms with Gasteiger partial charge < -0.3 is 9.64 Å². The summed E-state index contributed by atoms with van der Waals surface area (Å²) in [4.78, 5) is 14.4. The number of carbonyl (C=O) groups is 1. The van der Waals surface area contributed by atoms with Crippen LogP contribution in [0.1, 0.15) is 22.3 Å². The molecule has 0 spiro atoms. The lowest BCUT2D eigenvalue weighted by Crippen LogP contribution is -2.35. The monoisotopic (exact) mass is 393 g/mol. The Labute approximate surface area is 150 Å². The van der Waals surface area contributed by atoms with Crippen LogP contribution in [-0.2, 0) is 11.2 Å². The minimum atomic E-state index is -0.433. The zero-order chi connectivity index (χ0) is 17.4. The lowest BCUT2D eigenvalue weighted by Gasteiger charge is -2.22. The maximum Gasteiger partial charge on any atom is 0.254 e. The molecule has 0 aliphatic heterocycles. The number of halogens is 2. The van der Waals surface area contributed by atoms with Gasteiger partial charge in [0.1, 0.15) is 5.82 Å². The maximum absolute atomic E-state index is 13.7. The number of benzene rings is 2. The molecule has 2 rings (SSSR count). The SMILES string of the molecule is COCCN(CCCc1ccccc1)C(=O)c1ccc(Br)c(F)c1. The van der Waals surface area contributed by atoms with Gasteiger partial charge in [-0.05, 0) is 52.5 Å². The van der Waals surface area contributed by atoms with E-state index in [1.165, 1.54) is 11.6 Å². The summed E-state index contributed by atoms with van der Waals surface area (Å²) in [5, 5.41) is 0. The molecular formula is C19H21BrFNO2. The summed E-state index contributed by atoms with van der Waals surface area (Å²) in [7, 11) is 1.60. The van der Waals surface area contributed by atoms with Crippen molar-refractivity contribution in [3.63, 3.8) is 0 Å². The van der Waals surface area contributed by atoms with Crippen LogP contribution in [0.4, 0.5) is 4.39 Å². The standard InChI is InChI=1S/C19H21BrFNO2/c1-24-13-12-22(11-5-8-15-6-3-2-4-7-15)19(23)16-9-10-17(20)18(21)14-16/h2-4,6-7,9-10,14H,5,8,11-13H2,1H3. The number of ether oxygens (including phenoxy) is 1. The molecule has 0 saturated heterocycles. The Hall–Kier alpha value is -1.72. The predicted octanol–water partition coefficient (Wildman–Crippen LogP) is 4.31. The fraction of sp³-hybridized carbons (Fsp3) is 0.316. The number of aryl methyl sites for hydroxylation is 1. The summed E-state index contributed by atoms with van der Waals surface area (Å²) in [5.41, 5.74) is 1.60. The molecule has 0 aliphatic rings. The van der Waals surface area contributed by atoms with E-state index in [1.54, 1.807) is 24.1 Å². The summed E-state index contributed by atoms with van der Waals surface area (Å²) in [5.74, 6) is -0.608. The van der Waals surface area contributed by atoms with Crippen molar-refractivity contribution in [1.82, 2.24) is 4.90 Å². The van der Waals surface area contributed by atoms with Crippen molar-refractivity contribution in [3.05, 3.63) is 69.9 Å². The van der Waals surface area contributed by atoms with Crippen molar-refractivity contribution in [2.45, 2.75) is 12.8 Å². The molecule has 128 valence electrons. The third-order valence-electron chi connectivity index (χ3n) is 3.76. The molecule has 0 radical (unpaired) electrons. The molecule has 1 amide bonds. The Kier molecular flexibility index (Phi) is 7.40. The van der Waals surface area contributed by atoms with Gasteiger partial charge in [-0.25, -0.2) is 4.39 Å². The molecule has 0 N–H and O–H groups in total. The Morgan fingerprint density at radius 3 is 2.58 bits per heavy atom. The quantitative estimate of drug-likeness (QED) is 0.668. The average Bonchev–Trinajstić information content (AvgIpc) is 2.60. The zero-order valence-corrected chi connectivity index (χ0v) is 15.3. The van der Waals surface area contributed by atoms with Gasteiger partial charge in [0, 0.05) is 25.8 Å². The minimum absolute atomic E-state index is 0.175. The van der Waals surface area contributed by atoms with Gasteiger partial charge in [-0.1, -0.05) is 30.3 Å². The van der Waals surface area contributed by atoms with Crippen LogP contribution in [0.3, 0.4) is 0 Å². The molecule has 5 heteroatoms. The van der Waals surface area contributed by atoms with Crippen molar-refractivity contribution in [2.24, 2.45) is 0 Å². The minimum Gasteiger partial charge on any atom is -0.383 e. The van der Waals surface area contributed by atoms with Crippen LogP contribution in [0, 0.1) is 5.82 Å². The van der Waals surface area contributed by atoms with Crippen LogP contribution in [0.25, 0.3) is 0 Å². The molecule has 0 aromatic heterocycles. The number of methoxy groups -OCH3 is 1. The molecule has 0 heterocycles. The molecule has 2 aromatic rings. The lowest BCUT2D eigenvalue weighted by molar-refractivity contribution is 0.0693. The van der Waals surface area contributed by atoms with Crippen LogP contribution in [-0.4, -0.2) is 37.6 Å². The first-order valence-corrected chi connectivity index (χ1v) is 8.68. The van der Waals surface area contributed by atoms with E-state index >= 15 is 0 Å². The number of nitrogens with zero attached hydrogens (tertiary/aromatic N) is 1. The second kappa shape index (κ2) is 9.55. The van der Waals surface area contributed by atoms with E-state index in [9.17, 15) is 9.18 Å². The van der Waals surface area contributed by atoms with Crippen molar-refractivity contribution < 1.29 is 13.9 Å². The number of hydrogen-bond acceptors (Lipinski definition) is 2. The lowest BCUT2D eigenvalue weighted by atomic mass is 10.1. The largest absolute Gasteiger partial charge is 0.383 e. The van der Waals surface area contributed by atoms with Gasteiger partial charge in [0.05, 0.1) is 11.1 Å². The Bertz CT molecular complexity index is 664. The van der Waals surface area contributed by atoms with Crippen LogP contribution < -0.4 is 0 Å². The highest BCUT2D eigenvalue weighted by atomic mass is 79.9. The highest BCUT2D eigenvalue weighted by Crippen LogP contribution is 2.18. The Balaban J connectivity index is 2.00. The highest BCUT2D eigenvalue weighted by Gasteiger charge is 2.16. The average molecular weight is 394 g/mol. The van der Waals surface area contributed by atoms with Gasteiger partial charge in [-0.15, -0.1) is 0 Å². The van der Waals surface area contributed by atoms with Gasteiger partial charge in [-0.2, -0.15) is 0 Å². The molecule has 0 fully saturated rings. The van der Waals surface area contributed by atoms with E-state index in [0.717, 1.165) is 12.8 Å². The molecule has 0 unspecified atom stereocenters. The van der Waals surface area contributed by atoms with Crippen LogP contribution in [0.2, 0.25) is 0 Å². The normalized spacial score (nSPS) is 10.6. The number of amides is 1. The Morgan fingerprint density at radius 2 is 1.92 bits per heavy atom. The van der Waals surface area contributed by atoms with E-state index in [0.29, 0.717) is 29.7 Å². The molecular weight excluding hydrogens is 373 g/mol. The summed E-state index contributed by atoms with van der Waals surface area (Å²) in [6.07, 6.45) is 1.74. The third kappa shape index (κ3) is 5.42. The summed E-state index contributed by atoms with van der Waals surface area (Å²) < 4.78 is 19.1. The molecule has 2 aromatic carbocycles. The van der Waals surface area contributed by atoms with E-state index < -0.39 is 5.82 Å². The van der Waals surface area contributed by atoms with Crippen LogP contribution in [0.15, 0.2) is 53.0 Å². The van der Waals surface area contributed by atoms with Gasteiger partial charge in [0.2, 0.25) is 0 Å². The molecule has 0 atom stereocenters. The van der Waals surface area contributed by atoms with Crippen molar-refractivity contribution in [1.29, 1.82) is 0 Å². The highest BCUT2D eigenvalue weighted by molar-refractivity contribution is 9.10. The number of carbonyl (C=O) groups excluding carboxylic acids is 1. The second-order valence-corrected chi connectivity index (χ2v) is 6.36. The van der Waals surface area contributed by atoms with Crippen molar-refractivity contribution in [2.75, 3.05) is 26.8 Å². The van der Waals surface area contributed by atoms with Gasteiger partial charge in [0.15, 0.2) is 0 Å². The summed E-state index contributed by atoms with van der Waals surface area (Å²) in [6, 6.07) is 14.6. The first kappa shape index (κ1) is 18.6. The molecule has 24 heavy (non-hydrogen) atoms. The predicted molar refractivity (Wildman–Crippen MR) is 96.6 cm³/mol. The second-order valence-electron chi connectivity index (χ2n) is 5.50. The van der Waals surface area contributed by atoms with Gasteiger partial charge in [-0.3, -0.25) is 4.79 Å². The fourth-order valence-corrected chi connectivity index (χ4v) is 2.69. The summed E-state index contributed by atoms with van der Waals surface area (Å²) in [6.45, 7) is 1.55. The molecule has 3 nitrogen and oxygen atoms in total. The topological polar surface area (TPSA) is 29.5 Å². The van der Waals surface area contributed by atoms with Crippen LogP contribution >= 0.6 is 15.9 Å². The van der Waals surface area contributed by atoms with E-state index in [2.05, 4.69) is 28.1 Å². The maximum atomic E-state index is 13.7. The molecule has 0 bridgehead atoms. The first-order chi connectivity index (χ1) is 11.6. The van der Waals surface area contributed by atoms with E-state index in [-0.39, 0.29) is 5.91 Å². The van der Waals surface area contributed by atoms with Crippen molar-refractivity contribution >= 4 is 21.8 Å². The van der Waals surface area contributed by atoms with E-state index in [4.69, 9.17) is 4.74 Å². The van der Waals surface area contributed by atoms with Crippen LogP contribution in [0.5, 0.6) is 0 Å².